The Hall–Kier alpha value is -2.29. The zero-order chi connectivity index (χ0) is 16.7. The second-order valence-electron chi connectivity index (χ2n) is 7.23. The van der Waals surface area contributed by atoms with Crippen LogP contribution in [0.15, 0.2) is 48.8 Å². The molecule has 0 spiro atoms. The van der Waals surface area contributed by atoms with Crippen molar-refractivity contribution in [3.8, 4) is 5.75 Å². The van der Waals surface area contributed by atoms with Gasteiger partial charge in [-0.2, -0.15) is 0 Å². The van der Waals surface area contributed by atoms with Gasteiger partial charge in [0, 0.05) is 23.2 Å². The number of nitrogens with zero attached hydrogens (tertiary/aromatic N) is 1. The van der Waals surface area contributed by atoms with Crippen LogP contribution in [-0.4, -0.2) is 11.6 Å². The van der Waals surface area contributed by atoms with E-state index in [2.05, 4.69) is 61.1 Å². The molecule has 2 aliphatic rings. The quantitative estimate of drug-likeness (QED) is 0.859. The van der Waals surface area contributed by atoms with Crippen LogP contribution in [0.2, 0.25) is 0 Å². The largest absolute Gasteiger partial charge is 0.493 e. The summed E-state index contributed by atoms with van der Waals surface area (Å²) in [6, 6.07) is 10.8. The topological polar surface area (TPSA) is 34.2 Å². The summed E-state index contributed by atoms with van der Waals surface area (Å²) in [6.45, 7) is 9.46. The van der Waals surface area contributed by atoms with Crippen molar-refractivity contribution in [2.45, 2.75) is 44.4 Å². The van der Waals surface area contributed by atoms with E-state index in [0.717, 1.165) is 48.7 Å². The van der Waals surface area contributed by atoms with E-state index in [9.17, 15) is 0 Å². The van der Waals surface area contributed by atoms with E-state index in [4.69, 9.17) is 4.74 Å². The standard InChI is InChI=1S/C21H24N2O/c1-14(2)19-6-5-18(13-22-19)23-15(3)21(9-10-21)17-4-7-20-16(12-17)8-11-24-20/h4-7,12-14,23H,3,8-11H2,1-2H3. The van der Waals surface area contributed by atoms with Crippen molar-refractivity contribution in [2.75, 3.05) is 11.9 Å². The molecule has 1 saturated carbocycles. The maximum absolute atomic E-state index is 5.63. The lowest BCUT2D eigenvalue weighted by molar-refractivity contribution is 0.357. The van der Waals surface area contributed by atoms with Gasteiger partial charge in [-0.1, -0.05) is 32.6 Å². The van der Waals surface area contributed by atoms with Crippen molar-refractivity contribution >= 4 is 5.69 Å². The fraction of sp³-hybridized carbons (Fsp3) is 0.381. The summed E-state index contributed by atoms with van der Waals surface area (Å²) in [7, 11) is 0. The van der Waals surface area contributed by atoms with Crippen LogP contribution in [0.1, 0.15) is 49.4 Å². The first-order valence-electron chi connectivity index (χ1n) is 8.77. The molecule has 1 fully saturated rings. The minimum Gasteiger partial charge on any atom is -0.493 e. The van der Waals surface area contributed by atoms with E-state index in [1.54, 1.807) is 0 Å². The molecule has 0 radical (unpaired) electrons. The number of allylic oxidation sites excluding steroid dienone is 1. The van der Waals surface area contributed by atoms with Gasteiger partial charge in [0.25, 0.3) is 0 Å². The van der Waals surface area contributed by atoms with Gasteiger partial charge in [0.2, 0.25) is 0 Å². The van der Waals surface area contributed by atoms with Gasteiger partial charge >= 0.3 is 0 Å². The number of ether oxygens (including phenoxy) is 1. The molecule has 0 atom stereocenters. The smallest absolute Gasteiger partial charge is 0.122 e. The molecule has 4 rings (SSSR count). The lowest BCUT2D eigenvalue weighted by atomic mass is 9.91. The first-order valence-corrected chi connectivity index (χ1v) is 8.77. The van der Waals surface area contributed by atoms with Crippen LogP contribution in [0.5, 0.6) is 5.75 Å². The first kappa shape index (κ1) is 15.3. The summed E-state index contributed by atoms with van der Waals surface area (Å²) < 4.78 is 5.63. The Kier molecular flexibility index (Phi) is 3.60. The van der Waals surface area contributed by atoms with Crippen LogP contribution in [-0.2, 0) is 11.8 Å². The molecule has 2 aromatic rings. The Bertz CT molecular complexity index is 773. The SMILES string of the molecule is C=C(Nc1ccc(C(C)C)nc1)C1(c2ccc3c(c2)CCO3)CC1. The number of benzene rings is 1. The molecule has 124 valence electrons. The van der Waals surface area contributed by atoms with Crippen LogP contribution < -0.4 is 10.1 Å². The molecule has 3 heteroatoms. The van der Waals surface area contributed by atoms with E-state index in [1.807, 2.05) is 6.20 Å². The van der Waals surface area contributed by atoms with E-state index < -0.39 is 0 Å². The third-order valence-electron chi connectivity index (χ3n) is 5.24. The van der Waals surface area contributed by atoms with E-state index >= 15 is 0 Å². The highest BCUT2D eigenvalue weighted by molar-refractivity contribution is 5.55. The van der Waals surface area contributed by atoms with Crippen LogP contribution >= 0.6 is 0 Å². The van der Waals surface area contributed by atoms with Crippen LogP contribution in [0.4, 0.5) is 5.69 Å². The molecule has 3 nitrogen and oxygen atoms in total. The Morgan fingerprint density at radius 3 is 2.75 bits per heavy atom. The van der Waals surface area contributed by atoms with E-state index in [-0.39, 0.29) is 5.41 Å². The van der Waals surface area contributed by atoms with Crippen molar-refractivity contribution in [1.82, 2.24) is 4.98 Å². The van der Waals surface area contributed by atoms with Gasteiger partial charge in [-0.3, -0.25) is 4.98 Å². The summed E-state index contributed by atoms with van der Waals surface area (Å²) in [4.78, 5) is 4.53. The first-order chi connectivity index (χ1) is 11.6. The number of pyridine rings is 1. The van der Waals surface area contributed by atoms with Crippen LogP contribution in [0.3, 0.4) is 0 Å². The molecule has 24 heavy (non-hydrogen) atoms. The summed E-state index contributed by atoms with van der Waals surface area (Å²) in [6.07, 6.45) is 5.22. The molecule has 0 bridgehead atoms. The van der Waals surface area contributed by atoms with Gasteiger partial charge in [-0.15, -0.1) is 0 Å². The van der Waals surface area contributed by atoms with Crippen LogP contribution in [0, 0.1) is 0 Å². The normalized spacial score (nSPS) is 17.3. The number of fused-ring (bicyclic) bond motifs is 1. The highest BCUT2D eigenvalue weighted by Gasteiger charge is 2.47. The monoisotopic (exact) mass is 320 g/mol. The zero-order valence-electron chi connectivity index (χ0n) is 14.4. The highest BCUT2D eigenvalue weighted by atomic mass is 16.5. The van der Waals surface area contributed by atoms with Crippen molar-refractivity contribution in [2.24, 2.45) is 0 Å². The van der Waals surface area contributed by atoms with E-state index in [0.29, 0.717) is 5.92 Å². The predicted molar refractivity (Wildman–Crippen MR) is 97.6 cm³/mol. The van der Waals surface area contributed by atoms with Crippen LogP contribution in [0.25, 0.3) is 0 Å². The average molecular weight is 320 g/mol. The Balaban J connectivity index is 1.53. The molecule has 1 aromatic heterocycles. The molecule has 2 heterocycles. The second kappa shape index (κ2) is 5.66. The van der Waals surface area contributed by atoms with E-state index in [1.165, 1.54) is 11.1 Å². The Labute approximate surface area is 143 Å². The third-order valence-corrected chi connectivity index (χ3v) is 5.24. The molecule has 0 unspecified atom stereocenters. The van der Waals surface area contributed by atoms with Gasteiger partial charge in [-0.25, -0.2) is 0 Å². The number of nitrogens with one attached hydrogen (secondary N) is 1. The van der Waals surface area contributed by atoms with Gasteiger partial charge < -0.3 is 10.1 Å². The average Bonchev–Trinajstić information content (AvgIpc) is 3.27. The van der Waals surface area contributed by atoms with Crippen molar-refractivity contribution < 1.29 is 4.74 Å². The number of anilines is 1. The Morgan fingerprint density at radius 2 is 2.08 bits per heavy atom. The lowest BCUT2D eigenvalue weighted by Crippen LogP contribution is -2.16. The van der Waals surface area contributed by atoms with Crippen molar-refractivity contribution in [3.63, 3.8) is 0 Å². The minimum atomic E-state index is 0.0638. The molecular weight excluding hydrogens is 296 g/mol. The maximum Gasteiger partial charge on any atom is 0.122 e. The van der Waals surface area contributed by atoms with Crippen molar-refractivity contribution in [1.29, 1.82) is 0 Å². The van der Waals surface area contributed by atoms with Gasteiger partial charge in [0.15, 0.2) is 0 Å². The van der Waals surface area contributed by atoms with Crippen molar-refractivity contribution in [3.05, 3.63) is 65.6 Å². The molecule has 1 aromatic carbocycles. The Morgan fingerprint density at radius 1 is 1.25 bits per heavy atom. The van der Waals surface area contributed by atoms with Gasteiger partial charge in [0.05, 0.1) is 18.5 Å². The number of aromatic nitrogens is 1. The third kappa shape index (κ3) is 2.58. The number of hydrogen-bond acceptors (Lipinski definition) is 3. The summed E-state index contributed by atoms with van der Waals surface area (Å²) in [5.41, 5.74) is 5.95. The second-order valence-corrected chi connectivity index (χ2v) is 7.23. The lowest BCUT2D eigenvalue weighted by Gasteiger charge is -2.21. The summed E-state index contributed by atoms with van der Waals surface area (Å²) >= 11 is 0. The predicted octanol–water partition coefficient (Wildman–Crippen LogP) is 4.80. The highest BCUT2D eigenvalue weighted by Crippen LogP contribution is 2.54. The molecule has 1 N–H and O–H groups in total. The number of hydrogen-bond donors (Lipinski definition) is 1. The molecular formula is C21H24N2O. The molecule has 0 amide bonds. The minimum absolute atomic E-state index is 0.0638. The number of rotatable bonds is 5. The zero-order valence-corrected chi connectivity index (χ0v) is 14.4. The molecule has 1 aliphatic heterocycles. The van der Waals surface area contributed by atoms with Gasteiger partial charge in [0.1, 0.15) is 5.75 Å². The maximum atomic E-state index is 5.63. The summed E-state index contributed by atoms with van der Waals surface area (Å²) in [5, 5.41) is 3.49. The fourth-order valence-electron chi connectivity index (χ4n) is 3.49. The molecule has 1 aliphatic carbocycles. The van der Waals surface area contributed by atoms with Gasteiger partial charge in [-0.05, 0) is 48.1 Å². The molecule has 0 saturated heterocycles. The summed E-state index contributed by atoms with van der Waals surface area (Å²) in [5.74, 6) is 1.49. The fourth-order valence-corrected chi connectivity index (χ4v) is 3.49.